The molecule has 3 aromatic rings. The average molecular weight is 310 g/mol. The Morgan fingerprint density at radius 1 is 1.09 bits per heavy atom. The Labute approximate surface area is 133 Å². The maximum atomic E-state index is 11.7. The summed E-state index contributed by atoms with van der Waals surface area (Å²) in [5.74, 6) is 0. The third-order valence-corrected chi connectivity index (χ3v) is 4.74. The highest BCUT2D eigenvalue weighted by molar-refractivity contribution is 5.32. The first-order chi connectivity index (χ1) is 11.1. The van der Waals surface area contributed by atoms with E-state index in [-0.39, 0.29) is 0 Å². The number of aryl methyl sites for hydroxylation is 1. The summed E-state index contributed by atoms with van der Waals surface area (Å²) in [6.07, 6.45) is 7.96. The molecule has 1 atom stereocenters. The van der Waals surface area contributed by atoms with E-state index in [4.69, 9.17) is 0 Å². The molecule has 0 amide bonds. The van der Waals surface area contributed by atoms with Gasteiger partial charge in [-0.05, 0) is 25.3 Å². The monoisotopic (exact) mass is 310 g/mol. The molecule has 2 heterocycles. The molecule has 0 radical (unpaired) electrons. The van der Waals surface area contributed by atoms with Crippen molar-refractivity contribution in [1.82, 2.24) is 29.5 Å². The van der Waals surface area contributed by atoms with Gasteiger partial charge in [-0.15, -0.1) is 0 Å². The summed E-state index contributed by atoms with van der Waals surface area (Å²) in [5.41, 5.74) is 0.376. The molecule has 7 heteroatoms. The molecule has 1 aliphatic carbocycles. The van der Waals surface area contributed by atoms with E-state index in [9.17, 15) is 5.11 Å². The van der Waals surface area contributed by atoms with Crippen LogP contribution in [0, 0.1) is 6.92 Å². The third kappa shape index (κ3) is 2.16. The van der Waals surface area contributed by atoms with E-state index in [1.54, 1.807) is 22.0 Å². The molecule has 0 spiro atoms. The van der Waals surface area contributed by atoms with Gasteiger partial charge in [-0.1, -0.05) is 29.8 Å². The highest BCUT2D eigenvalue weighted by Gasteiger charge is 2.62. The van der Waals surface area contributed by atoms with Crippen LogP contribution in [0.25, 0.3) is 0 Å². The number of hydrogen-bond acceptors (Lipinski definition) is 5. The molecular formula is C16H18N6O. The molecule has 7 nitrogen and oxygen atoms in total. The van der Waals surface area contributed by atoms with Gasteiger partial charge in [0.2, 0.25) is 0 Å². The van der Waals surface area contributed by atoms with Crippen molar-refractivity contribution >= 4 is 0 Å². The minimum atomic E-state index is -1.14. The second kappa shape index (κ2) is 4.99. The van der Waals surface area contributed by atoms with Crippen molar-refractivity contribution in [2.45, 2.75) is 37.5 Å². The molecule has 1 unspecified atom stereocenters. The fraction of sp³-hybridized carbons (Fsp3) is 0.375. The summed E-state index contributed by atoms with van der Waals surface area (Å²) >= 11 is 0. The quantitative estimate of drug-likeness (QED) is 0.767. The van der Waals surface area contributed by atoms with Crippen molar-refractivity contribution in [2.24, 2.45) is 0 Å². The van der Waals surface area contributed by atoms with E-state index in [0.29, 0.717) is 6.54 Å². The predicted molar refractivity (Wildman–Crippen MR) is 82.3 cm³/mol. The van der Waals surface area contributed by atoms with E-state index in [2.05, 4.69) is 20.2 Å². The van der Waals surface area contributed by atoms with Gasteiger partial charge < -0.3 is 5.11 Å². The Balaban J connectivity index is 1.82. The van der Waals surface area contributed by atoms with Gasteiger partial charge >= 0.3 is 0 Å². The minimum Gasteiger partial charge on any atom is -0.381 e. The molecule has 1 saturated carbocycles. The van der Waals surface area contributed by atoms with Crippen molar-refractivity contribution in [1.29, 1.82) is 0 Å². The number of rotatable bonds is 5. The van der Waals surface area contributed by atoms with E-state index >= 15 is 0 Å². The van der Waals surface area contributed by atoms with Crippen LogP contribution in [0.15, 0.2) is 49.6 Å². The van der Waals surface area contributed by atoms with Crippen LogP contribution in [0.2, 0.25) is 0 Å². The van der Waals surface area contributed by atoms with E-state index in [1.165, 1.54) is 12.7 Å². The molecule has 1 fully saturated rings. The van der Waals surface area contributed by atoms with Gasteiger partial charge in [-0.25, -0.2) is 19.3 Å². The number of hydrogen-bond donors (Lipinski definition) is 1. The summed E-state index contributed by atoms with van der Waals surface area (Å²) in [4.78, 5) is 8.04. The lowest BCUT2D eigenvalue weighted by Gasteiger charge is -2.37. The topological polar surface area (TPSA) is 81.6 Å². The summed E-state index contributed by atoms with van der Waals surface area (Å²) in [6.45, 7) is 2.35. The summed E-state index contributed by atoms with van der Waals surface area (Å²) < 4.78 is 3.45. The minimum absolute atomic E-state index is 0.315. The third-order valence-electron chi connectivity index (χ3n) is 4.74. The van der Waals surface area contributed by atoms with Gasteiger partial charge in [-0.2, -0.15) is 10.2 Å². The summed E-state index contributed by atoms with van der Waals surface area (Å²) in [7, 11) is 0. The zero-order valence-electron chi connectivity index (χ0n) is 12.9. The SMILES string of the molecule is Cc1ccc(C(O)(Cn2cncn2)C2(n3cncn3)CC2)cc1. The van der Waals surface area contributed by atoms with Crippen LogP contribution in [0.5, 0.6) is 0 Å². The first-order valence-electron chi connectivity index (χ1n) is 7.61. The maximum Gasteiger partial charge on any atom is 0.137 e. The van der Waals surface area contributed by atoms with E-state index < -0.39 is 11.1 Å². The first kappa shape index (κ1) is 14.1. The Bertz CT molecular complexity index is 777. The first-order valence-corrected chi connectivity index (χ1v) is 7.61. The lowest BCUT2D eigenvalue weighted by atomic mass is 9.83. The second-order valence-electron chi connectivity index (χ2n) is 6.19. The van der Waals surface area contributed by atoms with Gasteiger partial charge in [0.25, 0.3) is 0 Å². The highest BCUT2D eigenvalue weighted by Crippen LogP contribution is 2.56. The van der Waals surface area contributed by atoms with Crippen LogP contribution in [0.1, 0.15) is 24.0 Å². The highest BCUT2D eigenvalue weighted by atomic mass is 16.3. The van der Waals surface area contributed by atoms with Crippen molar-refractivity contribution < 1.29 is 5.11 Å². The van der Waals surface area contributed by atoms with Gasteiger partial charge in [0, 0.05) is 0 Å². The molecule has 0 aliphatic heterocycles. The van der Waals surface area contributed by atoms with Crippen LogP contribution >= 0.6 is 0 Å². The molecule has 118 valence electrons. The van der Waals surface area contributed by atoms with Gasteiger partial charge in [0.05, 0.1) is 12.1 Å². The summed E-state index contributed by atoms with van der Waals surface area (Å²) in [5, 5.41) is 20.2. The molecular weight excluding hydrogens is 292 g/mol. The molecule has 1 aromatic carbocycles. The molecule has 1 aliphatic rings. The van der Waals surface area contributed by atoms with Crippen molar-refractivity contribution in [3.63, 3.8) is 0 Å². The van der Waals surface area contributed by atoms with Crippen molar-refractivity contribution in [2.75, 3.05) is 0 Å². The Kier molecular flexibility index (Phi) is 3.05. The maximum absolute atomic E-state index is 11.7. The van der Waals surface area contributed by atoms with E-state index in [0.717, 1.165) is 24.0 Å². The fourth-order valence-electron chi connectivity index (χ4n) is 3.27. The van der Waals surface area contributed by atoms with Crippen molar-refractivity contribution in [3.05, 3.63) is 60.7 Å². The Morgan fingerprint density at radius 2 is 1.78 bits per heavy atom. The normalized spacial score (nSPS) is 18.5. The van der Waals surface area contributed by atoms with E-state index in [1.807, 2.05) is 31.2 Å². The van der Waals surface area contributed by atoms with Gasteiger partial charge in [-0.3, -0.25) is 0 Å². The Hall–Kier alpha value is -2.54. The zero-order chi connectivity index (χ0) is 15.9. The number of nitrogens with zero attached hydrogens (tertiary/aromatic N) is 6. The number of aliphatic hydroxyl groups is 1. The second-order valence-corrected chi connectivity index (χ2v) is 6.19. The smallest absolute Gasteiger partial charge is 0.137 e. The van der Waals surface area contributed by atoms with Crippen LogP contribution in [-0.4, -0.2) is 34.6 Å². The molecule has 2 aromatic heterocycles. The summed E-state index contributed by atoms with van der Waals surface area (Å²) in [6, 6.07) is 7.98. The standard InChI is InChI=1S/C16H18N6O/c1-13-2-4-14(5-3-13)16(23,8-21-11-17-9-19-21)15(6-7-15)22-12-18-10-20-22/h2-5,9-12,23H,6-8H2,1H3. The molecule has 0 bridgehead atoms. The lowest BCUT2D eigenvalue weighted by Crippen LogP contribution is -2.47. The largest absolute Gasteiger partial charge is 0.381 e. The molecule has 4 rings (SSSR count). The van der Waals surface area contributed by atoms with Crippen LogP contribution in [0.4, 0.5) is 0 Å². The molecule has 1 N–H and O–H groups in total. The lowest BCUT2D eigenvalue weighted by molar-refractivity contribution is -0.0551. The molecule has 0 saturated heterocycles. The van der Waals surface area contributed by atoms with Crippen LogP contribution < -0.4 is 0 Å². The van der Waals surface area contributed by atoms with Crippen LogP contribution in [0.3, 0.4) is 0 Å². The van der Waals surface area contributed by atoms with Gasteiger partial charge in [0.15, 0.2) is 0 Å². The predicted octanol–water partition coefficient (Wildman–Crippen LogP) is 1.26. The number of aromatic nitrogens is 6. The van der Waals surface area contributed by atoms with Crippen LogP contribution in [-0.2, 0) is 17.7 Å². The van der Waals surface area contributed by atoms with Gasteiger partial charge in [0.1, 0.15) is 30.9 Å². The fourth-order valence-corrected chi connectivity index (χ4v) is 3.27. The number of benzene rings is 1. The average Bonchev–Trinajstić information content (AvgIpc) is 2.98. The zero-order valence-corrected chi connectivity index (χ0v) is 12.9. The van der Waals surface area contributed by atoms with Crippen molar-refractivity contribution in [3.8, 4) is 0 Å². The Morgan fingerprint density at radius 3 is 2.35 bits per heavy atom. The molecule has 23 heavy (non-hydrogen) atoms.